The van der Waals surface area contributed by atoms with Gasteiger partial charge >= 0.3 is 0 Å². The Morgan fingerprint density at radius 2 is 1.78 bits per heavy atom. The molecular formula is C16H30N2. The molecule has 0 aromatic heterocycles. The van der Waals surface area contributed by atoms with Crippen molar-refractivity contribution >= 4 is 5.84 Å². The molecule has 0 bridgehead atoms. The highest BCUT2D eigenvalue weighted by atomic mass is 15.0. The number of hydrogen-bond donors (Lipinski definition) is 1. The van der Waals surface area contributed by atoms with Crippen LogP contribution < -0.4 is 5.32 Å². The van der Waals surface area contributed by atoms with E-state index in [-0.39, 0.29) is 0 Å². The Bertz CT molecular complexity index is 333. The summed E-state index contributed by atoms with van der Waals surface area (Å²) >= 11 is 0. The van der Waals surface area contributed by atoms with Crippen molar-refractivity contribution in [3.63, 3.8) is 0 Å². The molecule has 0 radical (unpaired) electrons. The van der Waals surface area contributed by atoms with Gasteiger partial charge in [-0.05, 0) is 53.5 Å². The van der Waals surface area contributed by atoms with Gasteiger partial charge in [0.15, 0.2) is 0 Å². The van der Waals surface area contributed by atoms with Gasteiger partial charge in [0, 0.05) is 11.7 Å². The highest BCUT2D eigenvalue weighted by molar-refractivity contribution is 5.94. The van der Waals surface area contributed by atoms with Crippen LogP contribution in [0, 0.1) is 0 Å². The average Bonchev–Trinajstić information content (AvgIpc) is 2.26. The van der Waals surface area contributed by atoms with Gasteiger partial charge in [-0.2, -0.15) is 0 Å². The number of allylic oxidation sites excluding steroid dienone is 3. The Balaban J connectivity index is 4.99. The van der Waals surface area contributed by atoms with Crippen LogP contribution >= 0.6 is 0 Å². The van der Waals surface area contributed by atoms with Gasteiger partial charge in [-0.3, -0.25) is 4.99 Å². The molecule has 18 heavy (non-hydrogen) atoms. The summed E-state index contributed by atoms with van der Waals surface area (Å²) in [5.74, 6) is 0.987. The molecule has 0 saturated heterocycles. The van der Waals surface area contributed by atoms with E-state index >= 15 is 0 Å². The molecule has 2 heteroatoms. The highest BCUT2D eigenvalue weighted by Gasteiger charge is 2.01. The summed E-state index contributed by atoms with van der Waals surface area (Å²) in [7, 11) is 0. The van der Waals surface area contributed by atoms with Crippen LogP contribution in [0.2, 0.25) is 0 Å². The van der Waals surface area contributed by atoms with Gasteiger partial charge < -0.3 is 5.32 Å². The van der Waals surface area contributed by atoms with Crippen LogP contribution in [0.25, 0.3) is 0 Å². The van der Waals surface area contributed by atoms with Crippen LogP contribution in [0.15, 0.2) is 27.9 Å². The molecule has 0 spiro atoms. The first kappa shape index (κ1) is 16.9. The molecule has 0 unspecified atom stereocenters. The van der Waals surface area contributed by atoms with Crippen molar-refractivity contribution in [3.8, 4) is 0 Å². The number of rotatable bonds is 6. The van der Waals surface area contributed by atoms with Crippen LogP contribution in [-0.4, -0.2) is 11.9 Å². The molecule has 0 aliphatic heterocycles. The van der Waals surface area contributed by atoms with Crippen LogP contribution in [0.4, 0.5) is 0 Å². The van der Waals surface area contributed by atoms with E-state index in [0.29, 0.717) is 6.04 Å². The second kappa shape index (κ2) is 8.96. The van der Waals surface area contributed by atoms with E-state index in [2.05, 4.69) is 64.9 Å². The fraction of sp³-hybridized carbons (Fsp3) is 0.688. The normalized spacial score (nSPS) is 14.9. The zero-order chi connectivity index (χ0) is 14.1. The second-order valence-electron chi connectivity index (χ2n) is 5.23. The molecule has 1 N–H and O–H groups in total. The number of nitrogens with zero attached hydrogens (tertiary/aromatic N) is 1. The van der Waals surface area contributed by atoms with E-state index in [1.807, 2.05) is 0 Å². The molecule has 0 aliphatic rings. The van der Waals surface area contributed by atoms with Gasteiger partial charge in [-0.15, -0.1) is 0 Å². The Hall–Kier alpha value is -1.05. The van der Waals surface area contributed by atoms with Crippen molar-refractivity contribution in [2.45, 2.75) is 73.8 Å². The lowest BCUT2D eigenvalue weighted by Gasteiger charge is -2.12. The minimum Gasteiger partial charge on any atom is -0.344 e. The summed E-state index contributed by atoms with van der Waals surface area (Å²) in [5, 5.41) is 3.44. The minimum atomic E-state index is 0.313. The Morgan fingerprint density at radius 3 is 2.22 bits per heavy atom. The van der Waals surface area contributed by atoms with Crippen LogP contribution in [-0.2, 0) is 0 Å². The Morgan fingerprint density at radius 1 is 1.17 bits per heavy atom. The van der Waals surface area contributed by atoms with Gasteiger partial charge in [-0.1, -0.05) is 31.4 Å². The molecule has 0 heterocycles. The Kier molecular flexibility index (Phi) is 8.43. The first-order valence-corrected chi connectivity index (χ1v) is 7.09. The SMILES string of the molecule is CCC/C(C)=C/C(=NC(C)C)NC(C)=C(C)CC. The molecule has 2 nitrogen and oxygen atoms in total. The van der Waals surface area contributed by atoms with Crippen LogP contribution in [0.1, 0.15) is 67.7 Å². The largest absolute Gasteiger partial charge is 0.344 e. The molecular weight excluding hydrogens is 220 g/mol. The number of aliphatic imine (C=N–C) groups is 1. The second-order valence-corrected chi connectivity index (χ2v) is 5.23. The smallest absolute Gasteiger partial charge is 0.125 e. The first-order chi connectivity index (χ1) is 8.40. The molecule has 104 valence electrons. The number of amidine groups is 1. The van der Waals surface area contributed by atoms with E-state index in [1.54, 1.807) is 0 Å². The fourth-order valence-corrected chi connectivity index (χ4v) is 1.65. The maximum Gasteiger partial charge on any atom is 0.125 e. The van der Waals surface area contributed by atoms with Gasteiger partial charge in [0.2, 0.25) is 0 Å². The number of hydrogen-bond acceptors (Lipinski definition) is 1. The van der Waals surface area contributed by atoms with Crippen molar-refractivity contribution < 1.29 is 0 Å². The lowest BCUT2D eigenvalue weighted by atomic mass is 10.1. The van der Waals surface area contributed by atoms with Gasteiger partial charge in [0.05, 0.1) is 0 Å². The van der Waals surface area contributed by atoms with Gasteiger partial charge in [0.1, 0.15) is 5.84 Å². The van der Waals surface area contributed by atoms with E-state index < -0.39 is 0 Å². The van der Waals surface area contributed by atoms with Crippen LogP contribution in [0.3, 0.4) is 0 Å². The predicted octanol–water partition coefficient (Wildman–Crippen LogP) is 4.83. The molecule has 0 aromatic carbocycles. The van der Waals surface area contributed by atoms with E-state index in [1.165, 1.54) is 23.3 Å². The van der Waals surface area contributed by atoms with Gasteiger partial charge in [0.25, 0.3) is 0 Å². The zero-order valence-electron chi connectivity index (χ0n) is 13.2. The molecule has 0 rings (SSSR count). The third-order valence-corrected chi connectivity index (χ3v) is 2.91. The molecule has 0 aliphatic carbocycles. The molecule has 0 fully saturated rings. The van der Waals surface area contributed by atoms with Crippen molar-refractivity contribution in [1.29, 1.82) is 0 Å². The minimum absolute atomic E-state index is 0.313. The summed E-state index contributed by atoms with van der Waals surface area (Å²) < 4.78 is 0. The van der Waals surface area contributed by atoms with Crippen molar-refractivity contribution in [2.24, 2.45) is 4.99 Å². The number of nitrogens with one attached hydrogen (secondary N) is 1. The van der Waals surface area contributed by atoms with Crippen LogP contribution in [0.5, 0.6) is 0 Å². The summed E-state index contributed by atoms with van der Waals surface area (Å²) in [5.41, 5.74) is 3.98. The summed E-state index contributed by atoms with van der Waals surface area (Å²) in [6.07, 6.45) is 5.57. The molecule has 0 saturated carbocycles. The van der Waals surface area contributed by atoms with Gasteiger partial charge in [-0.25, -0.2) is 0 Å². The Labute approximate surface area is 113 Å². The predicted molar refractivity (Wildman–Crippen MR) is 83.0 cm³/mol. The van der Waals surface area contributed by atoms with Crippen molar-refractivity contribution in [3.05, 3.63) is 22.9 Å². The van der Waals surface area contributed by atoms with E-state index in [9.17, 15) is 0 Å². The topological polar surface area (TPSA) is 24.4 Å². The average molecular weight is 250 g/mol. The summed E-state index contributed by atoms with van der Waals surface area (Å²) in [4.78, 5) is 4.65. The third-order valence-electron chi connectivity index (χ3n) is 2.91. The fourth-order valence-electron chi connectivity index (χ4n) is 1.65. The maximum atomic E-state index is 4.65. The third kappa shape index (κ3) is 7.31. The standard InChI is InChI=1S/C16H30N2/c1-8-10-13(5)11-16(17-12(3)4)18-15(7)14(6)9-2/h11-12H,8-10H2,1-7H3,(H,17,18)/b13-11+,15-14?. The van der Waals surface area contributed by atoms with E-state index in [4.69, 9.17) is 0 Å². The summed E-state index contributed by atoms with van der Waals surface area (Å²) in [6, 6.07) is 0.313. The summed E-state index contributed by atoms with van der Waals surface area (Å²) in [6.45, 7) is 15.1. The molecule has 0 aromatic rings. The molecule has 0 atom stereocenters. The van der Waals surface area contributed by atoms with E-state index in [0.717, 1.165) is 18.7 Å². The highest BCUT2D eigenvalue weighted by Crippen LogP contribution is 2.07. The van der Waals surface area contributed by atoms with Crippen molar-refractivity contribution in [1.82, 2.24) is 5.32 Å². The first-order valence-electron chi connectivity index (χ1n) is 7.09. The zero-order valence-corrected chi connectivity index (χ0v) is 13.2. The van der Waals surface area contributed by atoms with Crippen molar-refractivity contribution in [2.75, 3.05) is 0 Å². The quantitative estimate of drug-likeness (QED) is 0.530. The maximum absolute atomic E-state index is 4.65. The monoisotopic (exact) mass is 250 g/mol. The lowest BCUT2D eigenvalue weighted by molar-refractivity contribution is 0.824. The molecule has 0 amide bonds. The lowest BCUT2D eigenvalue weighted by Crippen LogP contribution is -2.22.